The molecule has 1 fully saturated rings. The molecule has 0 spiro atoms. The summed E-state index contributed by atoms with van der Waals surface area (Å²) in [5, 5.41) is 1.14. The van der Waals surface area contributed by atoms with Crippen molar-refractivity contribution in [3.8, 4) is 0 Å². The molecule has 1 amide bonds. The fourth-order valence-electron chi connectivity index (χ4n) is 2.43. The van der Waals surface area contributed by atoms with Gasteiger partial charge in [-0.3, -0.25) is 4.90 Å². The summed E-state index contributed by atoms with van der Waals surface area (Å²) >= 11 is 11.9. The number of benzene rings is 1. The molecule has 0 saturated carbocycles. The summed E-state index contributed by atoms with van der Waals surface area (Å²) in [5.41, 5.74) is 0.908. The summed E-state index contributed by atoms with van der Waals surface area (Å²) in [6, 6.07) is 5.35. The second-order valence-electron chi connectivity index (χ2n) is 5.24. The summed E-state index contributed by atoms with van der Waals surface area (Å²) in [6.45, 7) is 6.56. The van der Waals surface area contributed by atoms with Crippen molar-refractivity contribution in [1.29, 1.82) is 0 Å². The van der Waals surface area contributed by atoms with Gasteiger partial charge in [0.2, 0.25) is 0 Å². The third-order valence-electron chi connectivity index (χ3n) is 3.37. The quantitative estimate of drug-likeness (QED) is 0.830. The van der Waals surface area contributed by atoms with Gasteiger partial charge in [0.15, 0.2) is 0 Å². The molecule has 0 aromatic heterocycles. The molecule has 1 heterocycles. The first-order valence-corrected chi connectivity index (χ1v) is 7.06. The molecule has 1 aromatic carbocycles. The number of hydrogen-bond acceptors (Lipinski definition) is 2. The van der Waals surface area contributed by atoms with E-state index in [1.165, 1.54) is 0 Å². The number of amides is 1. The van der Waals surface area contributed by atoms with Gasteiger partial charge >= 0.3 is 6.09 Å². The van der Waals surface area contributed by atoms with E-state index < -0.39 is 0 Å². The van der Waals surface area contributed by atoms with Crippen molar-refractivity contribution in [1.82, 2.24) is 4.90 Å². The van der Waals surface area contributed by atoms with Crippen molar-refractivity contribution in [2.75, 3.05) is 0 Å². The van der Waals surface area contributed by atoms with E-state index in [9.17, 15) is 4.79 Å². The summed E-state index contributed by atoms with van der Waals surface area (Å²) < 4.78 is 5.40. The molecule has 0 aliphatic carbocycles. The molecular weight excluding hydrogens is 285 g/mol. The fraction of sp³-hybridized carbons (Fsp3) is 0.500. The minimum absolute atomic E-state index is 0.0465. The lowest BCUT2D eigenvalue weighted by Gasteiger charge is -2.22. The largest absolute Gasteiger partial charge is 0.444 e. The Kier molecular flexibility index (Phi) is 4.26. The minimum Gasteiger partial charge on any atom is -0.444 e. The molecule has 1 aliphatic rings. The molecule has 3 nitrogen and oxygen atoms in total. The molecular formula is C14H17Cl2NO2. The zero-order chi connectivity index (χ0) is 14.2. The topological polar surface area (TPSA) is 29.5 Å². The first-order chi connectivity index (χ1) is 8.88. The Bertz CT molecular complexity index is 470. The smallest absolute Gasteiger partial charge is 0.410 e. The molecule has 0 unspecified atom stereocenters. The number of hydrogen-bond donors (Lipinski definition) is 0. The highest BCUT2D eigenvalue weighted by Crippen LogP contribution is 2.28. The van der Waals surface area contributed by atoms with E-state index in [-0.39, 0.29) is 18.2 Å². The van der Waals surface area contributed by atoms with Crippen molar-refractivity contribution in [2.45, 2.75) is 39.5 Å². The Morgan fingerprint density at radius 2 is 1.84 bits per heavy atom. The van der Waals surface area contributed by atoms with Crippen molar-refractivity contribution >= 4 is 29.3 Å². The molecule has 0 N–H and O–H groups in total. The van der Waals surface area contributed by atoms with Crippen LogP contribution in [-0.2, 0) is 11.3 Å². The van der Waals surface area contributed by atoms with E-state index in [1.807, 2.05) is 32.9 Å². The highest BCUT2D eigenvalue weighted by atomic mass is 35.5. The van der Waals surface area contributed by atoms with Crippen molar-refractivity contribution in [3.63, 3.8) is 0 Å². The second-order valence-corrected chi connectivity index (χ2v) is 6.11. The Morgan fingerprint density at radius 3 is 2.32 bits per heavy atom. The standard InChI is InChI=1S/C14H17Cl2NO2/c1-8(2)13-9(3)17(14(18)19-13)7-10-4-11(15)6-12(16)5-10/h4-6,8-9,13H,7H2,1-3H3/t9-,13-/m1/s1. The minimum atomic E-state index is -0.276. The van der Waals surface area contributed by atoms with Crippen LogP contribution in [0.25, 0.3) is 0 Å². The first kappa shape index (κ1) is 14.5. The molecule has 104 valence electrons. The Morgan fingerprint density at radius 1 is 1.26 bits per heavy atom. The van der Waals surface area contributed by atoms with Gasteiger partial charge in [-0.2, -0.15) is 0 Å². The fourth-order valence-corrected chi connectivity index (χ4v) is 3.00. The van der Waals surface area contributed by atoms with E-state index in [0.717, 1.165) is 5.56 Å². The second kappa shape index (κ2) is 5.59. The Hall–Kier alpha value is -0.930. The monoisotopic (exact) mass is 301 g/mol. The predicted molar refractivity (Wildman–Crippen MR) is 76.6 cm³/mol. The Labute approximate surface area is 123 Å². The molecule has 0 radical (unpaired) electrons. The van der Waals surface area contributed by atoms with E-state index in [4.69, 9.17) is 27.9 Å². The maximum atomic E-state index is 11.9. The molecule has 19 heavy (non-hydrogen) atoms. The lowest BCUT2D eigenvalue weighted by Crippen LogP contribution is -2.35. The first-order valence-electron chi connectivity index (χ1n) is 6.30. The molecule has 1 aromatic rings. The number of nitrogens with zero attached hydrogens (tertiary/aromatic N) is 1. The third kappa shape index (κ3) is 3.15. The summed E-state index contributed by atoms with van der Waals surface area (Å²) in [4.78, 5) is 13.6. The van der Waals surface area contributed by atoms with Crippen LogP contribution in [0.1, 0.15) is 26.3 Å². The van der Waals surface area contributed by atoms with Gasteiger partial charge < -0.3 is 4.74 Å². The van der Waals surface area contributed by atoms with Crippen molar-refractivity contribution in [2.24, 2.45) is 5.92 Å². The van der Waals surface area contributed by atoms with Crippen LogP contribution in [0, 0.1) is 5.92 Å². The van der Waals surface area contributed by atoms with Gasteiger partial charge in [-0.15, -0.1) is 0 Å². The highest BCUT2D eigenvalue weighted by Gasteiger charge is 2.40. The van der Waals surface area contributed by atoms with Crippen LogP contribution in [0.2, 0.25) is 10.0 Å². The van der Waals surface area contributed by atoms with Crippen LogP contribution in [0.5, 0.6) is 0 Å². The number of halogens is 2. The van der Waals surface area contributed by atoms with Crippen LogP contribution in [0.3, 0.4) is 0 Å². The van der Waals surface area contributed by atoms with Crippen LogP contribution in [-0.4, -0.2) is 23.1 Å². The number of carbonyl (C=O) groups is 1. The zero-order valence-electron chi connectivity index (χ0n) is 11.2. The van der Waals surface area contributed by atoms with Crippen LogP contribution in [0.15, 0.2) is 18.2 Å². The van der Waals surface area contributed by atoms with Gasteiger partial charge in [-0.25, -0.2) is 4.79 Å². The maximum Gasteiger partial charge on any atom is 0.410 e. The summed E-state index contributed by atoms with van der Waals surface area (Å²) in [6.07, 6.45) is -0.343. The van der Waals surface area contributed by atoms with Crippen LogP contribution >= 0.6 is 23.2 Å². The molecule has 0 bridgehead atoms. The summed E-state index contributed by atoms with van der Waals surface area (Å²) in [5.74, 6) is 0.298. The third-order valence-corrected chi connectivity index (χ3v) is 3.81. The Balaban J connectivity index is 2.16. The number of rotatable bonds is 3. The van der Waals surface area contributed by atoms with E-state index in [2.05, 4.69) is 0 Å². The lowest BCUT2D eigenvalue weighted by atomic mass is 10.0. The zero-order valence-corrected chi connectivity index (χ0v) is 12.7. The predicted octanol–water partition coefficient (Wildman–Crippen LogP) is 4.36. The van der Waals surface area contributed by atoms with E-state index >= 15 is 0 Å². The van der Waals surface area contributed by atoms with Crippen LogP contribution in [0.4, 0.5) is 4.79 Å². The SMILES string of the molecule is CC(C)[C@H]1OC(=O)N(Cc2cc(Cl)cc(Cl)c2)[C@@H]1C. The van der Waals surface area contributed by atoms with Gasteiger partial charge in [0.05, 0.1) is 6.04 Å². The molecule has 1 saturated heterocycles. The van der Waals surface area contributed by atoms with E-state index in [1.54, 1.807) is 11.0 Å². The number of ether oxygens (including phenoxy) is 1. The average molecular weight is 302 g/mol. The van der Waals surface area contributed by atoms with Gasteiger partial charge in [-0.05, 0) is 36.6 Å². The summed E-state index contributed by atoms with van der Waals surface area (Å²) in [7, 11) is 0. The van der Waals surface area contributed by atoms with Crippen molar-refractivity contribution < 1.29 is 9.53 Å². The number of carbonyl (C=O) groups excluding carboxylic acids is 1. The number of cyclic esters (lactones) is 1. The van der Waals surface area contributed by atoms with Crippen LogP contribution < -0.4 is 0 Å². The van der Waals surface area contributed by atoms with Gasteiger partial charge in [0, 0.05) is 16.6 Å². The maximum absolute atomic E-state index is 11.9. The van der Waals surface area contributed by atoms with Gasteiger partial charge in [-0.1, -0.05) is 37.0 Å². The lowest BCUT2D eigenvalue weighted by molar-refractivity contribution is 0.104. The highest BCUT2D eigenvalue weighted by molar-refractivity contribution is 6.34. The van der Waals surface area contributed by atoms with Gasteiger partial charge in [0.25, 0.3) is 0 Å². The molecule has 5 heteroatoms. The average Bonchev–Trinajstić information content (AvgIpc) is 2.56. The molecule has 1 aliphatic heterocycles. The molecule has 2 atom stereocenters. The molecule has 2 rings (SSSR count). The van der Waals surface area contributed by atoms with Gasteiger partial charge in [0.1, 0.15) is 6.10 Å². The van der Waals surface area contributed by atoms with Crippen molar-refractivity contribution in [3.05, 3.63) is 33.8 Å². The van der Waals surface area contributed by atoms with E-state index in [0.29, 0.717) is 22.5 Å². The normalized spacial score (nSPS) is 23.1.